The van der Waals surface area contributed by atoms with Crippen molar-refractivity contribution in [2.75, 3.05) is 24.6 Å². The van der Waals surface area contributed by atoms with Crippen LogP contribution in [0.3, 0.4) is 0 Å². The number of hydrogen-bond acceptors (Lipinski definition) is 5. The molecule has 1 fully saturated rings. The zero-order valence-corrected chi connectivity index (χ0v) is 17.8. The first-order valence-corrected chi connectivity index (χ1v) is 10.6. The molecular weight excluding hydrogens is 390 g/mol. The minimum Gasteiger partial charge on any atom is -0.494 e. The monoisotopic (exact) mass is 417 g/mol. The highest BCUT2D eigenvalue weighted by molar-refractivity contribution is 5.94. The van der Waals surface area contributed by atoms with Gasteiger partial charge in [-0.05, 0) is 67.9 Å². The lowest BCUT2D eigenvalue weighted by Gasteiger charge is -2.40. The molecule has 4 rings (SSSR count). The van der Waals surface area contributed by atoms with Crippen molar-refractivity contribution in [2.45, 2.75) is 26.0 Å². The highest BCUT2D eigenvalue weighted by Crippen LogP contribution is 2.26. The van der Waals surface area contributed by atoms with Crippen LogP contribution in [0, 0.1) is 0 Å². The Hall–Kier alpha value is -3.54. The molecule has 2 aromatic carbocycles. The van der Waals surface area contributed by atoms with Crippen molar-refractivity contribution in [2.24, 2.45) is 0 Å². The molecule has 2 heterocycles. The van der Waals surface area contributed by atoms with Gasteiger partial charge in [0.2, 0.25) is 0 Å². The van der Waals surface area contributed by atoms with Crippen molar-refractivity contribution in [3.05, 3.63) is 84.2 Å². The number of pyridine rings is 1. The van der Waals surface area contributed by atoms with E-state index in [0.29, 0.717) is 12.2 Å². The molecule has 1 atom stereocenters. The largest absolute Gasteiger partial charge is 0.494 e. The van der Waals surface area contributed by atoms with E-state index < -0.39 is 0 Å². The molecule has 6 heteroatoms. The van der Waals surface area contributed by atoms with Gasteiger partial charge < -0.3 is 19.7 Å². The first-order chi connectivity index (χ1) is 15.1. The van der Waals surface area contributed by atoms with E-state index in [1.54, 1.807) is 24.5 Å². The minimum absolute atomic E-state index is 0.0890. The van der Waals surface area contributed by atoms with Gasteiger partial charge in [0.1, 0.15) is 17.6 Å². The summed E-state index contributed by atoms with van der Waals surface area (Å²) >= 11 is 0. The molecule has 0 bridgehead atoms. The molecule has 6 nitrogen and oxygen atoms in total. The van der Waals surface area contributed by atoms with Crippen LogP contribution < -0.4 is 19.7 Å². The van der Waals surface area contributed by atoms with Gasteiger partial charge in [0, 0.05) is 18.1 Å². The van der Waals surface area contributed by atoms with Gasteiger partial charge in [0.05, 0.1) is 31.3 Å². The number of rotatable bonds is 8. The van der Waals surface area contributed by atoms with Crippen molar-refractivity contribution >= 4 is 11.6 Å². The van der Waals surface area contributed by atoms with Gasteiger partial charge in [0.15, 0.2) is 0 Å². The van der Waals surface area contributed by atoms with E-state index in [-0.39, 0.29) is 18.1 Å². The van der Waals surface area contributed by atoms with Gasteiger partial charge >= 0.3 is 0 Å². The second-order valence-corrected chi connectivity index (χ2v) is 7.58. The number of nitrogens with zero attached hydrogens (tertiary/aromatic N) is 2. The zero-order chi connectivity index (χ0) is 21.6. The summed E-state index contributed by atoms with van der Waals surface area (Å²) < 4.78 is 11.5. The van der Waals surface area contributed by atoms with Crippen LogP contribution in [0.5, 0.6) is 11.5 Å². The Balaban J connectivity index is 1.26. The molecule has 31 heavy (non-hydrogen) atoms. The van der Waals surface area contributed by atoms with Crippen LogP contribution in [-0.2, 0) is 0 Å². The standard InChI is InChI=1S/C25H27N3O3/c1-3-30-22-10-12-23(13-11-22)31-24-16-28(17-24)21-8-6-19(7-9-21)18(2)27-25(29)20-5-4-14-26-15-20/h4-15,18,24H,3,16-17H2,1-2H3,(H,27,29)/t18-/m0/s1. The van der Waals surface area contributed by atoms with E-state index in [9.17, 15) is 4.79 Å². The molecule has 0 radical (unpaired) electrons. The van der Waals surface area contributed by atoms with Crippen LogP contribution in [-0.4, -0.2) is 36.7 Å². The van der Waals surface area contributed by atoms with E-state index in [4.69, 9.17) is 9.47 Å². The Bertz CT molecular complexity index is 985. The Kier molecular flexibility index (Phi) is 6.36. The molecule has 160 valence electrons. The number of carbonyl (C=O) groups excluding carboxylic acids is 1. The Morgan fingerprint density at radius 2 is 1.81 bits per heavy atom. The van der Waals surface area contributed by atoms with Crippen LogP contribution in [0.1, 0.15) is 35.8 Å². The van der Waals surface area contributed by atoms with Crippen molar-refractivity contribution in [3.8, 4) is 11.5 Å². The summed E-state index contributed by atoms with van der Waals surface area (Å²) in [5.41, 5.74) is 2.77. The average molecular weight is 418 g/mol. The summed E-state index contributed by atoms with van der Waals surface area (Å²) in [6.45, 7) is 6.30. The Labute approximate surface area is 182 Å². The van der Waals surface area contributed by atoms with E-state index in [1.165, 1.54) is 0 Å². The molecule has 1 aliphatic heterocycles. The summed E-state index contributed by atoms with van der Waals surface area (Å²) in [5.74, 6) is 1.60. The predicted molar refractivity (Wildman–Crippen MR) is 121 cm³/mol. The predicted octanol–water partition coefficient (Wildman–Crippen LogP) is 4.24. The maximum atomic E-state index is 12.3. The first-order valence-electron chi connectivity index (χ1n) is 10.6. The number of carbonyl (C=O) groups is 1. The lowest BCUT2D eigenvalue weighted by Crippen LogP contribution is -2.54. The van der Waals surface area contributed by atoms with Crippen molar-refractivity contribution in [3.63, 3.8) is 0 Å². The molecule has 0 saturated carbocycles. The van der Waals surface area contributed by atoms with Crippen molar-refractivity contribution < 1.29 is 14.3 Å². The normalized spacial score (nSPS) is 14.5. The molecule has 1 amide bonds. The summed E-state index contributed by atoms with van der Waals surface area (Å²) in [6.07, 6.45) is 3.40. The van der Waals surface area contributed by atoms with Gasteiger partial charge in [-0.1, -0.05) is 12.1 Å². The molecule has 1 N–H and O–H groups in total. The molecule has 1 saturated heterocycles. The second-order valence-electron chi connectivity index (χ2n) is 7.58. The summed E-state index contributed by atoms with van der Waals surface area (Å²) in [7, 11) is 0. The lowest BCUT2D eigenvalue weighted by atomic mass is 10.1. The molecule has 0 aliphatic carbocycles. The van der Waals surface area contributed by atoms with Crippen molar-refractivity contribution in [1.29, 1.82) is 0 Å². The van der Waals surface area contributed by atoms with Crippen molar-refractivity contribution in [1.82, 2.24) is 10.3 Å². The van der Waals surface area contributed by atoms with Crippen LogP contribution in [0.2, 0.25) is 0 Å². The van der Waals surface area contributed by atoms with E-state index in [2.05, 4.69) is 39.5 Å². The maximum absolute atomic E-state index is 12.3. The maximum Gasteiger partial charge on any atom is 0.253 e. The fraction of sp³-hybridized carbons (Fsp3) is 0.280. The Morgan fingerprint density at radius 1 is 1.10 bits per heavy atom. The van der Waals surface area contributed by atoms with Gasteiger partial charge in [0.25, 0.3) is 5.91 Å². The number of aromatic nitrogens is 1. The fourth-order valence-electron chi connectivity index (χ4n) is 3.53. The van der Waals surface area contributed by atoms with Crippen LogP contribution >= 0.6 is 0 Å². The first kappa shape index (κ1) is 20.7. The molecule has 1 aromatic heterocycles. The zero-order valence-electron chi connectivity index (χ0n) is 17.8. The highest BCUT2D eigenvalue weighted by atomic mass is 16.5. The quantitative estimate of drug-likeness (QED) is 0.594. The van der Waals surface area contributed by atoms with Crippen LogP contribution in [0.4, 0.5) is 5.69 Å². The third-order valence-electron chi connectivity index (χ3n) is 5.32. The second kappa shape index (κ2) is 9.51. The average Bonchev–Trinajstić information content (AvgIpc) is 2.78. The van der Waals surface area contributed by atoms with Gasteiger partial charge in [-0.2, -0.15) is 0 Å². The van der Waals surface area contributed by atoms with E-state index in [1.807, 2.05) is 38.1 Å². The summed E-state index contributed by atoms with van der Waals surface area (Å²) in [4.78, 5) is 18.6. The molecule has 0 unspecified atom stereocenters. The topological polar surface area (TPSA) is 63.7 Å². The molecule has 3 aromatic rings. The fourth-order valence-corrected chi connectivity index (χ4v) is 3.53. The summed E-state index contributed by atoms with van der Waals surface area (Å²) in [6, 6.07) is 19.5. The SMILES string of the molecule is CCOc1ccc(OC2CN(c3ccc([C@H](C)NC(=O)c4cccnc4)cc3)C2)cc1. The van der Waals surface area contributed by atoms with Gasteiger partial charge in [-0.25, -0.2) is 0 Å². The third kappa shape index (κ3) is 5.15. The molecular formula is C25H27N3O3. The number of hydrogen-bond donors (Lipinski definition) is 1. The van der Waals surface area contributed by atoms with Gasteiger partial charge in [-0.3, -0.25) is 9.78 Å². The lowest BCUT2D eigenvalue weighted by molar-refractivity contribution is 0.0939. The summed E-state index contributed by atoms with van der Waals surface area (Å²) in [5, 5.41) is 3.01. The van der Waals surface area contributed by atoms with E-state index >= 15 is 0 Å². The highest BCUT2D eigenvalue weighted by Gasteiger charge is 2.28. The number of anilines is 1. The Morgan fingerprint density at radius 3 is 2.45 bits per heavy atom. The number of amides is 1. The minimum atomic E-state index is -0.123. The van der Waals surface area contributed by atoms with Crippen LogP contribution in [0.15, 0.2) is 73.1 Å². The number of nitrogens with one attached hydrogen (secondary N) is 1. The molecule has 0 spiro atoms. The number of benzene rings is 2. The van der Waals surface area contributed by atoms with Crippen LogP contribution in [0.25, 0.3) is 0 Å². The number of ether oxygens (including phenoxy) is 2. The molecule has 1 aliphatic rings. The smallest absolute Gasteiger partial charge is 0.253 e. The third-order valence-corrected chi connectivity index (χ3v) is 5.32. The van der Waals surface area contributed by atoms with Gasteiger partial charge in [-0.15, -0.1) is 0 Å². The van der Waals surface area contributed by atoms with E-state index in [0.717, 1.165) is 35.8 Å².